The molecule has 1 N–H and O–H groups in total. The average Bonchev–Trinajstić information content (AvgIpc) is 3.25. The van der Waals surface area contributed by atoms with Crippen molar-refractivity contribution in [1.29, 1.82) is 0 Å². The molecule has 0 aliphatic carbocycles. The molecule has 2 aliphatic heterocycles. The number of halogens is 3. The van der Waals surface area contributed by atoms with Crippen molar-refractivity contribution >= 4 is 19.7 Å². The van der Waals surface area contributed by atoms with Gasteiger partial charge in [0.15, 0.2) is 0 Å². The Morgan fingerprint density at radius 1 is 1.15 bits per heavy atom. The minimum absolute atomic E-state index is 0.00631. The summed E-state index contributed by atoms with van der Waals surface area (Å²) >= 11 is 0. The molecule has 1 saturated heterocycles. The number of ether oxygens (including phenoxy) is 2. The third-order valence-electron chi connectivity index (χ3n) is 6.95. The lowest BCUT2D eigenvalue weighted by molar-refractivity contribution is -0.139. The Balaban J connectivity index is 1.44. The number of carboxylic acids is 1. The number of piperidine rings is 1. The van der Waals surface area contributed by atoms with E-state index in [1.807, 2.05) is 17.0 Å². The number of carbonyl (C=O) groups is 1. The molecule has 0 saturated carbocycles. The van der Waals surface area contributed by atoms with Crippen molar-refractivity contribution in [3.05, 3.63) is 51.4 Å². The fourth-order valence-electron chi connectivity index (χ4n) is 4.79. The summed E-state index contributed by atoms with van der Waals surface area (Å²) in [5, 5.41) is 12.9. The Bertz CT molecular complexity index is 1240. The molecule has 2 aliphatic rings. The highest BCUT2D eigenvalue weighted by atomic mass is 28.3. The fraction of sp³-hybridized carbons (Fsp3) is 0.577. The predicted molar refractivity (Wildman–Crippen MR) is 142 cm³/mol. The van der Waals surface area contributed by atoms with Crippen LogP contribution < -0.4 is 15.2 Å². The van der Waals surface area contributed by atoms with Gasteiger partial charge in [0.25, 0.3) is 5.56 Å². The Hall–Kier alpha value is -2.90. The molecule has 0 radical (unpaired) electrons. The van der Waals surface area contributed by atoms with E-state index in [0.29, 0.717) is 38.3 Å². The fourth-order valence-corrected chi connectivity index (χ4v) is 5.55. The van der Waals surface area contributed by atoms with Crippen LogP contribution in [0.25, 0.3) is 0 Å². The van der Waals surface area contributed by atoms with Gasteiger partial charge in [0, 0.05) is 40.9 Å². The van der Waals surface area contributed by atoms with Gasteiger partial charge in [0.2, 0.25) is 0 Å². The zero-order valence-corrected chi connectivity index (χ0v) is 23.5. The van der Waals surface area contributed by atoms with Crippen molar-refractivity contribution < 1.29 is 32.5 Å². The molecule has 214 valence electrons. The molecule has 0 atom stereocenters. The van der Waals surface area contributed by atoms with E-state index < -0.39 is 31.3 Å². The topological polar surface area (TPSA) is 97.1 Å². The van der Waals surface area contributed by atoms with Crippen molar-refractivity contribution in [2.75, 3.05) is 31.1 Å². The number of hydrogen-bond acceptors (Lipinski definition) is 7. The maximum absolute atomic E-state index is 14.1. The second-order valence-corrected chi connectivity index (χ2v) is 17.0. The molecular formula is C26H35F3N4O5Si. The molecule has 4 rings (SSSR count). The summed E-state index contributed by atoms with van der Waals surface area (Å²) in [5.74, 6) is -0.239. The van der Waals surface area contributed by atoms with Crippen LogP contribution >= 0.6 is 0 Å². The number of hydrogen-bond donors (Lipinski definition) is 1. The summed E-state index contributed by atoms with van der Waals surface area (Å²) in [5.41, 5.74) is -1.05. The van der Waals surface area contributed by atoms with E-state index in [-0.39, 0.29) is 38.2 Å². The summed E-state index contributed by atoms with van der Waals surface area (Å²) < 4.78 is 54.5. The minimum atomic E-state index is -4.85. The molecule has 2 aromatic rings. The normalized spacial score (nSPS) is 16.9. The first-order valence-electron chi connectivity index (χ1n) is 13.0. The van der Waals surface area contributed by atoms with Gasteiger partial charge in [-0.3, -0.25) is 14.5 Å². The Labute approximate surface area is 226 Å². The molecule has 0 amide bonds. The number of fused-ring (bicyclic) bond motifs is 1. The van der Waals surface area contributed by atoms with Gasteiger partial charge in [-0.15, -0.1) is 0 Å². The van der Waals surface area contributed by atoms with Gasteiger partial charge >= 0.3 is 12.1 Å². The maximum atomic E-state index is 14.1. The molecule has 0 bridgehead atoms. The Kier molecular flexibility index (Phi) is 8.71. The van der Waals surface area contributed by atoms with Gasteiger partial charge in [-0.2, -0.15) is 18.3 Å². The van der Waals surface area contributed by atoms with Gasteiger partial charge in [-0.1, -0.05) is 25.7 Å². The van der Waals surface area contributed by atoms with Crippen molar-refractivity contribution in [3.8, 4) is 5.75 Å². The summed E-state index contributed by atoms with van der Waals surface area (Å²) in [4.78, 5) is 27.1. The SMILES string of the molecule is C[Si](C)(C)CCOCn1ncc(N2Cc3ccc(OC4CCN(CC(=O)O)CC4)cc3C2)c(C(F)(F)F)c1=O. The van der Waals surface area contributed by atoms with Crippen molar-refractivity contribution in [3.63, 3.8) is 0 Å². The highest BCUT2D eigenvalue weighted by Crippen LogP contribution is 2.38. The van der Waals surface area contributed by atoms with E-state index in [4.69, 9.17) is 14.6 Å². The van der Waals surface area contributed by atoms with Gasteiger partial charge in [-0.25, -0.2) is 4.68 Å². The van der Waals surface area contributed by atoms with E-state index in [9.17, 15) is 22.8 Å². The zero-order valence-electron chi connectivity index (χ0n) is 22.5. The first-order chi connectivity index (χ1) is 18.3. The first-order valence-corrected chi connectivity index (χ1v) is 16.7. The summed E-state index contributed by atoms with van der Waals surface area (Å²) in [6.45, 7) is 8.16. The number of nitrogens with zero attached hydrogens (tertiary/aromatic N) is 4. The van der Waals surface area contributed by atoms with Crippen LogP contribution in [-0.2, 0) is 35.5 Å². The number of aromatic nitrogens is 2. The van der Waals surface area contributed by atoms with E-state index in [0.717, 1.165) is 28.0 Å². The minimum Gasteiger partial charge on any atom is -0.490 e. The van der Waals surface area contributed by atoms with Gasteiger partial charge < -0.3 is 19.5 Å². The number of aliphatic carboxylic acids is 1. The average molecular weight is 569 g/mol. The van der Waals surface area contributed by atoms with Crippen molar-refractivity contribution in [2.24, 2.45) is 0 Å². The highest BCUT2D eigenvalue weighted by Gasteiger charge is 2.40. The quantitative estimate of drug-likeness (QED) is 0.339. The van der Waals surface area contributed by atoms with Crippen LogP contribution in [0, 0.1) is 0 Å². The van der Waals surface area contributed by atoms with Crippen LogP contribution in [0.5, 0.6) is 5.75 Å². The summed E-state index contributed by atoms with van der Waals surface area (Å²) in [6, 6.07) is 6.28. The monoisotopic (exact) mass is 568 g/mol. The molecule has 9 nitrogen and oxygen atoms in total. The molecule has 1 fully saturated rings. The molecular weight excluding hydrogens is 533 g/mol. The van der Waals surface area contributed by atoms with Crippen LogP contribution in [0.2, 0.25) is 25.7 Å². The lowest BCUT2D eigenvalue weighted by Gasteiger charge is -2.31. The van der Waals surface area contributed by atoms with E-state index >= 15 is 0 Å². The number of rotatable bonds is 10. The second-order valence-electron chi connectivity index (χ2n) is 11.3. The lowest BCUT2D eigenvalue weighted by Crippen LogP contribution is -2.40. The number of likely N-dealkylation sites (tertiary alicyclic amines) is 1. The number of carboxylic acid groups (broad SMARTS) is 1. The molecule has 1 aromatic carbocycles. The zero-order chi connectivity index (χ0) is 28.4. The highest BCUT2D eigenvalue weighted by molar-refractivity contribution is 6.76. The van der Waals surface area contributed by atoms with Crippen LogP contribution in [0.3, 0.4) is 0 Å². The van der Waals surface area contributed by atoms with Gasteiger partial charge in [0.1, 0.15) is 24.1 Å². The van der Waals surface area contributed by atoms with Crippen LogP contribution in [0.4, 0.5) is 18.9 Å². The Morgan fingerprint density at radius 3 is 2.49 bits per heavy atom. The van der Waals surface area contributed by atoms with Crippen LogP contribution in [0.15, 0.2) is 29.2 Å². The lowest BCUT2D eigenvalue weighted by atomic mass is 10.1. The van der Waals surface area contributed by atoms with Gasteiger partial charge in [-0.05, 0) is 42.1 Å². The number of benzene rings is 1. The maximum Gasteiger partial charge on any atom is 0.423 e. The molecule has 1 aromatic heterocycles. The van der Waals surface area contributed by atoms with E-state index in [1.54, 1.807) is 6.07 Å². The summed E-state index contributed by atoms with van der Waals surface area (Å²) in [6.07, 6.45) is -2.44. The molecule has 13 heteroatoms. The van der Waals surface area contributed by atoms with E-state index in [2.05, 4.69) is 24.7 Å². The number of alkyl halides is 3. The molecule has 39 heavy (non-hydrogen) atoms. The van der Waals surface area contributed by atoms with Crippen molar-refractivity contribution in [2.45, 2.75) is 70.6 Å². The second kappa shape index (κ2) is 11.7. The number of anilines is 1. The van der Waals surface area contributed by atoms with Crippen LogP contribution in [0.1, 0.15) is 29.5 Å². The molecule has 0 unspecified atom stereocenters. The first kappa shape index (κ1) is 29.1. The van der Waals surface area contributed by atoms with Gasteiger partial charge in [0.05, 0.1) is 18.4 Å². The smallest absolute Gasteiger partial charge is 0.423 e. The largest absolute Gasteiger partial charge is 0.490 e. The van der Waals surface area contributed by atoms with E-state index in [1.165, 1.54) is 4.90 Å². The predicted octanol–water partition coefficient (Wildman–Crippen LogP) is 4.02. The molecule has 0 spiro atoms. The standard InChI is InChI=1S/C26H35F3N4O5Si/c1-39(2,3)11-10-37-17-33-25(36)24(26(27,28)29)22(13-30-33)32-14-18-4-5-21(12-19(18)15-32)38-20-6-8-31(9-7-20)16-23(34)35/h4-5,12-13,20H,6-11,14-17H2,1-3H3,(H,34,35). The van der Waals surface area contributed by atoms with Crippen LogP contribution in [-0.4, -0.2) is 66.2 Å². The van der Waals surface area contributed by atoms with Crippen molar-refractivity contribution in [1.82, 2.24) is 14.7 Å². The molecule has 3 heterocycles. The summed E-state index contributed by atoms with van der Waals surface area (Å²) in [7, 11) is -1.38. The Morgan fingerprint density at radius 2 is 1.85 bits per heavy atom. The third kappa shape index (κ3) is 7.61. The third-order valence-corrected chi connectivity index (χ3v) is 8.66.